The molecule has 0 spiro atoms. The van der Waals surface area contributed by atoms with Gasteiger partial charge in [-0.2, -0.15) is 9.61 Å². The molecule has 0 radical (unpaired) electrons. The molecule has 3 aromatic rings. The van der Waals surface area contributed by atoms with Crippen molar-refractivity contribution >= 4 is 19.9 Å². The number of carbonyl (C=O) groups is 1. The molecule has 1 fully saturated rings. The quantitative estimate of drug-likeness (QED) is 0.251. The van der Waals surface area contributed by atoms with Gasteiger partial charge in [0.25, 0.3) is 5.56 Å². The lowest BCUT2D eigenvalue weighted by Gasteiger charge is -2.42. The van der Waals surface area contributed by atoms with Crippen LogP contribution in [0.3, 0.4) is 0 Å². The molecule has 0 bridgehead atoms. The molecule has 0 aliphatic heterocycles. The van der Waals surface area contributed by atoms with Crippen LogP contribution >= 0.6 is 0 Å². The molecule has 1 aromatic carbocycles. The summed E-state index contributed by atoms with van der Waals surface area (Å²) in [4.78, 5) is 28.9. The van der Waals surface area contributed by atoms with Crippen LogP contribution in [0.4, 0.5) is 0 Å². The van der Waals surface area contributed by atoms with Crippen molar-refractivity contribution in [3.05, 3.63) is 57.5 Å². The summed E-state index contributed by atoms with van der Waals surface area (Å²) in [6, 6.07) is 9.82. The molecular formula is C31H45N3O4Si. The molecule has 1 aliphatic carbocycles. The molecule has 212 valence electrons. The van der Waals surface area contributed by atoms with Crippen molar-refractivity contribution in [2.24, 2.45) is 0 Å². The first kappa shape index (κ1) is 29.3. The van der Waals surface area contributed by atoms with Crippen molar-refractivity contribution in [3.8, 4) is 11.3 Å². The van der Waals surface area contributed by atoms with E-state index in [2.05, 4.69) is 63.8 Å². The maximum Gasteiger partial charge on any atom is 0.341 e. The van der Waals surface area contributed by atoms with E-state index in [1.165, 1.54) is 48.2 Å². The minimum Gasteiger partial charge on any atom is -0.477 e. The second-order valence-corrected chi connectivity index (χ2v) is 17.8. The second kappa shape index (κ2) is 11.8. The first-order valence-corrected chi connectivity index (χ1v) is 16.7. The highest BCUT2D eigenvalue weighted by Gasteiger charge is 2.45. The number of carboxylic acids is 1. The number of fused-ring (bicyclic) bond motifs is 1. The van der Waals surface area contributed by atoms with E-state index in [0.29, 0.717) is 40.5 Å². The Kier molecular flexibility index (Phi) is 8.86. The fourth-order valence-corrected chi connectivity index (χ4v) is 12.5. The number of nitrogens with zero attached hydrogens (tertiary/aromatic N) is 2. The zero-order chi connectivity index (χ0) is 28.5. The topological polar surface area (TPSA) is 96.7 Å². The number of H-pyrrole nitrogens is 1. The monoisotopic (exact) mass is 551 g/mol. The zero-order valence-electron chi connectivity index (χ0n) is 24.6. The number of aromatic carboxylic acids is 1. The normalized spacial score (nSPS) is 16.1. The summed E-state index contributed by atoms with van der Waals surface area (Å²) >= 11 is 0. The van der Waals surface area contributed by atoms with Crippen molar-refractivity contribution < 1.29 is 14.3 Å². The molecule has 2 heterocycles. The van der Waals surface area contributed by atoms with Gasteiger partial charge in [0.2, 0.25) is 0 Å². The van der Waals surface area contributed by atoms with Crippen LogP contribution in [0, 0.1) is 0 Å². The summed E-state index contributed by atoms with van der Waals surface area (Å²) in [5.41, 5.74) is 4.29. The first-order chi connectivity index (χ1) is 18.5. The third kappa shape index (κ3) is 5.64. The molecule has 1 saturated carbocycles. The summed E-state index contributed by atoms with van der Waals surface area (Å²) in [6.45, 7) is 15.7. The van der Waals surface area contributed by atoms with E-state index in [1.807, 2.05) is 19.1 Å². The van der Waals surface area contributed by atoms with Gasteiger partial charge in [0, 0.05) is 18.6 Å². The zero-order valence-corrected chi connectivity index (χ0v) is 25.6. The molecule has 39 heavy (non-hydrogen) atoms. The van der Waals surface area contributed by atoms with Crippen LogP contribution in [0.2, 0.25) is 16.6 Å². The number of rotatable bonds is 10. The summed E-state index contributed by atoms with van der Waals surface area (Å²) < 4.78 is 7.94. The van der Waals surface area contributed by atoms with E-state index in [-0.39, 0.29) is 22.7 Å². The number of aromatic nitrogens is 3. The van der Waals surface area contributed by atoms with Crippen molar-refractivity contribution in [1.29, 1.82) is 0 Å². The van der Waals surface area contributed by atoms with Gasteiger partial charge >= 0.3 is 5.97 Å². The average molecular weight is 552 g/mol. The lowest BCUT2D eigenvalue weighted by Crippen LogP contribution is -2.48. The number of hydrogen-bond donors (Lipinski definition) is 2. The smallest absolute Gasteiger partial charge is 0.341 e. The predicted molar refractivity (Wildman–Crippen MR) is 159 cm³/mol. The maximum absolute atomic E-state index is 13.1. The van der Waals surface area contributed by atoms with Gasteiger partial charge in [-0.15, -0.1) is 0 Å². The Morgan fingerprint density at radius 3 is 2.15 bits per heavy atom. The first-order valence-electron chi connectivity index (χ1n) is 14.6. The molecule has 1 aliphatic rings. The van der Waals surface area contributed by atoms with Crippen LogP contribution in [0.5, 0.6) is 0 Å². The average Bonchev–Trinajstić information content (AvgIpc) is 3.29. The molecule has 4 rings (SSSR count). The van der Waals surface area contributed by atoms with Crippen LogP contribution < -0.4 is 5.56 Å². The van der Waals surface area contributed by atoms with E-state index >= 15 is 0 Å². The summed E-state index contributed by atoms with van der Waals surface area (Å²) in [5, 5.41) is 14.7. The van der Waals surface area contributed by atoms with Gasteiger partial charge < -0.3 is 14.5 Å². The van der Waals surface area contributed by atoms with Crippen molar-refractivity contribution in [2.45, 2.75) is 109 Å². The summed E-state index contributed by atoms with van der Waals surface area (Å²) in [7, 11) is -2.14. The lowest BCUT2D eigenvalue weighted by molar-refractivity contribution is 0.0696. The van der Waals surface area contributed by atoms with Crippen molar-refractivity contribution in [2.75, 3.05) is 6.61 Å². The Balaban J connectivity index is 1.68. The molecule has 0 saturated heterocycles. The molecule has 8 heteroatoms. The predicted octanol–water partition coefficient (Wildman–Crippen LogP) is 7.73. The maximum atomic E-state index is 13.1. The number of nitrogens with one attached hydrogen (secondary N) is 1. The number of benzene rings is 1. The largest absolute Gasteiger partial charge is 0.477 e. The van der Waals surface area contributed by atoms with Gasteiger partial charge in [0.1, 0.15) is 5.56 Å². The lowest BCUT2D eigenvalue weighted by atomic mass is 9.84. The van der Waals surface area contributed by atoms with Gasteiger partial charge in [-0.25, -0.2) is 4.79 Å². The van der Waals surface area contributed by atoms with Crippen LogP contribution in [0.1, 0.15) is 114 Å². The fourth-order valence-electron chi connectivity index (χ4n) is 6.99. The highest BCUT2D eigenvalue weighted by Crippen LogP contribution is 2.43. The third-order valence-corrected chi connectivity index (χ3v) is 15.0. The van der Waals surface area contributed by atoms with E-state index in [4.69, 9.17) is 4.43 Å². The second-order valence-electron chi connectivity index (χ2n) is 12.3. The van der Waals surface area contributed by atoms with Crippen LogP contribution in [-0.2, 0) is 4.43 Å². The fraction of sp³-hybridized carbons (Fsp3) is 0.581. The van der Waals surface area contributed by atoms with E-state index in [9.17, 15) is 14.7 Å². The molecule has 0 unspecified atom stereocenters. The Hall–Kier alpha value is -2.71. The van der Waals surface area contributed by atoms with Gasteiger partial charge in [-0.3, -0.25) is 4.79 Å². The molecule has 1 atom stereocenters. The summed E-state index contributed by atoms with van der Waals surface area (Å²) in [5.74, 6) is -0.796. The minimum atomic E-state index is -2.14. The number of hydrogen-bond acceptors (Lipinski definition) is 4. The Morgan fingerprint density at radius 1 is 1.03 bits per heavy atom. The van der Waals surface area contributed by atoms with E-state index < -0.39 is 14.3 Å². The number of carboxylic acid groups (broad SMARTS) is 1. The minimum absolute atomic E-state index is 0.0368. The van der Waals surface area contributed by atoms with Gasteiger partial charge in [-0.1, -0.05) is 92.0 Å². The van der Waals surface area contributed by atoms with Crippen LogP contribution in [0.15, 0.2) is 35.1 Å². The van der Waals surface area contributed by atoms with Gasteiger partial charge in [0.15, 0.2) is 14.0 Å². The molecule has 0 amide bonds. The molecule has 2 aromatic heterocycles. The Bertz CT molecular complexity index is 1330. The Morgan fingerprint density at radius 2 is 1.62 bits per heavy atom. The Labute approximate surface area is 233 Å². The highest BCUT2D eigenvalue weighted by atomic mass is 28.4. The van der Waals surface area contributed by atoms with Gasteiger partial charge in [-0.05, 0) is 46.5 Å². The molecule has 7 nitrogen and oxygen atoms in total. The van der Waals surface area contributed by atoms with Crippen LogP contribution in [-0.4, -0.2) is 40.6 Å². The summed E-state index contributed by atoms with van der Waals surface area (Å²) in [6.07, 6.45) is 6.31. The van der Waals surface area contributed by atoms with Gasteiger partial charge in [0.05, 0.1) is 11.4 Å². The number of aromatic amines is 1. The van der Waals surface area contributed by atoms with E-state index in [0.717, 1.165) is 5.56 Å². The SMILES string of the molecule is CC(C)[Si](OC[C@@H](C)c1nn2c(=O)cc(-c3ccc(C4CCCCC4)cc3)[nH]c2c1C(=O)O)(C(C)C)C(C)C. The standard InChI is InChI=1S/C31H45N3O4Si/c1-19(2)39(20(3)4,21(5)6)38-18-22(7)29-28(31(36)37)30-32-26(17-27(35)34(30)33-29)25-15-13-24(14-16-25)23-11-9-8-10-12-23/h13-17,19-23,32H,8-12,18H2,1-7H3,(H,36,37)/t22-/m1/s1. The van der Waals surface area contributed by atoms with E-state index in [1.54, 1.807) is 0 Å². The molecule has 2 N–H and O–H groups in total. The van der Waals surface area contributed by atoms with Crippen molar-refractivity contribution in [1.82, 2.24) is 14.6 Å². The van der Waals surface area contributed by atoms with Crippen LogP contribution in [0.25, 0.3) is 16.9 Å². The highest BCUT2D eigenvalue weighted by molar-refractivity contribution is 6.77. The molecular weight excluding hydrogens is 506 g/mol. The van der Waals surface area contributed by atoms with Crippen molar-refractivity contribution in [3.63, 3.8) is 0 Å². The third-order valence-electron chi connectivity index (χ3n) is 8.91.